The second kappa shape index (κ2) is 7.63. The van der Waals surface area contributed by atoms with Gasteiger partial charge in [0.2, 0.25) is 0 Å². The molecule has 0 amide bonds. The van der Waals surface area contributed by atoms with E-state index in [2.05, 4.69) is 16.5 Å². The lowest BCUT2D eigenvalue weighted by atomic mass is 10.0. The fraction of sp³-hybridized carbons (Fsp3) is 0.0435. The van der Waals surface area contributed by atoms with Gasteiger partial charge in [-0.1, -0.05) is 66.2 Å². The molecule has 28 heavy (non-hydrogen) atoms. The van der Waals surface area contributed by atoms with Crippen molar-refractivity contribution in [1.29, 1.82) is 0 Å². The van der Waals surface area contributed by atoms with E-state index in [4.69, 9.17) is 23.2 Å². The van der Waals surface area contributed by atoms with Crippen molar-refractivity contribution in [3.8, 4) is 11.4 Å². The Labute approximate surface area is 172 Å². The molecular formula is C23H16Cl2N2O. The van der Waals surface area contributed by atoms with Gasteiger partial charge in [-0.05, 0) is 41.5 Å². The van der Waals surface area contributed by atoms with Gasteiger partial charge in [0.05, 0.1) is 26.6 Å². The number of carbonyl (C=O) groups is 1. The Morgan fingerprint density at radius 1 is 1.04 bits per heavy atom. The quantitative estimate of drug-likeness (QED) is 0.379. The van der Waals surface area contributed by atoms with Gasteiger partial charge in [-0.25, -0.2) is 4.98 Å². The zero-order valence-corrected chi connectivity index (χ0v) is 16.4. The molecule has 1 heterocycles. The highest BCUT2D eigenvalue weighted by Gasteiger charge is 2.14. The van der Waals surface area contributed by atoms with E-state index in [9.17, 15) is 4.79 Å². The fourth-order valence-electron chi connectivity index (χ4n) is 3.08. The first-order valence-electron chi connectivity index (χ1n) is 8.74. The van der Waals surface area contributed by atoms with Crippen molar-refractivity contribution in [2.24, 2.45) is 0 Å². The van der Waals surface area contributed by atoms with Crippen LogP contribution in [0.3, 0.4) is 0 Å². The van der Waals surface area contributed by atoms with E-state index >= 15 is 0 Å². The summed E-state index contributed by atoms with van der Waals surface area (Å²) < 4.78 is 0. The zero-order valence-electron chi connectivity index (χ0n) is 14.9. The molecular weight excluding hydrogens is 391 g/mol. The number of hydrogen-bond acceptors (Lipinski definition) is 2. The van der Waals surface area contributed by atoms with Crippen LogP contribution in [0.5, 0.6) is 0 Å². The third kappa shape index (κ3) is 3.59. The van der Waals surface area contributed by atoms with Crippen molar-refractivity contribution in [2.45, 2.75) is 6.42 Å². The number of imidazole rings is 1. The number of ketones is 1. The van der Waals surface area contributed by atoms with Gasteiger partial charge in [-0.15, -0.1) is 0 Å². The summed E-state index contributed by atoms with van der Waals surface area (Å²) in [6.07, 6.45) is 2.11. The summed E-state index contributed by atoms with van der Waals surface area (Å²) in [5, 5.41) is 1.04. The minimum Gasteiger partial charge on any atom is -0.338 e. The van der Waals surface area contributed by atoms with E-state index in [1.165, 1.54) is 0 Å². The number of halogens is 2. The van der Waals surface area contributed by atoms with Crippen LogP contribution in [0.25, 0.3) is 28.5 Å². The molecule has 1 aromatic heterocycles. The van der Waals surface area contributed by atoms with Crippen LogP contribution in [0, 0.1) is 0 Å². The third-order valence-corrected chi connectivity index (χ3v) is 5.21. The Hall–Kier alpha value is -2.88. The first-order valence-corrected chi connectivity index (χ1v) is 9.49. The predicted molar refractivity (Wildman–Crippen MR) is 116 cm³/mol. The van der Waals surface area contributed by atoms with Crippen molar-refractivity contribution in [2.75, 3.05) is 0 Å². The summed E-state index contributed by atoms with van der Waals surface area (Å²) >= 11 is 12.6. The van der Waals surface area contributed by atoms with Crippen molar-refractivity contribution in [3.63, 3.8) is 0 Å². The molecule has 0 bridgehead atoms. The summed E-state index contributed by atoms with van der Waals surface area (Å²) in [5.74, 6) is 0.621. The van der Waals surface area contributed by atoms with Crippen molar-refractivity contribution < 1.29 is 4.79 Å². The van der Waals surface area contributed by atoms with Crippen LogP contribution in [-0.2, 0) is 6.42 Å². The molecule has 0 saturated heterocycles. The number of H-pyrrole nitrogens is 1. The number of carbonyl (C=O) groups excluding carboxylic acids is 1. The van der Waals surface area contributed by atoms with Gasteiger partial charge in [0.1, 0.15) is 5.82 Å². The highest BCUT2D eigenvalue weighted by Crippen LogP contribution is 2.34. The minimum absolute atomic E-state index is 0.0418. The Bertz CT molecular complexity index is 1170. The van der Waals surface area contributed by atoms with Gasteiger partial charge in [0, 0.05) is 12.0 Å². The van der Waals surface area contributed by atoms with E-state index in [0.717, 1.165) is 22.2 Å². The van der Waals surface area contributed by atoms with Crippen LogP contribution in [0.1, 0.15) is 21.5 Å². The Morgan fingerprint density at radius 3 is 2.43 bits per heavy atom. The number of aromatic nitrogens is 2. The van der Waals surface area contributed by atoms with Crippen molar-refractivity contribution in [1.82, 2.24) is 9.97 Å². The first kappa shape index (κ1) is 18.5. The monoisotopic (exact) mass is 406 g/mol. The zero-order chi connectivity index (χ0) is 19.7. The number of aromatic amines is 1. The number of rotatable bonds is 5. The van der Waals surface area contributed by atoms with Gasteiger partial charge >= 0.3 is 0 Å². The molecule has 138 valence electrons. The molecule has 0 aliphatic rings. The van der Waals surface area contributed by atoms with E-state index in [-0.39, 0.29) is 5.78 Å². The van der Waals surface area contributed by atoms with Crippen molar-refractivity contribution in [3.05, 3.63) is 94.0 Å². The summed E-state index contributed by atoms with van der Waals surface area (Å²) in [7, 11) is 0. The molecule has 0 unspecified atom stereocenters. The predicted octanol–water partition coefficient (Wildman–Crippen LogP) is 6.61. The number of hydrogen-bond donors (Lipinski definition) is 1. The molecule has 0 spiro atoms. The van der Waals surface area contributed by atoms with Gasteiger partial charge in [-0.3, -0.25) is 4.79 Å². The summed E-state index contributed by atoms with van der Waals surface area (Å²) in [6.45, 7) is 3.74. The molecule has 0 saturated carbocycles. The maximum absolute atomic E-state index is 12.7. The van der Waals surface area contributed by atoms with Crippen LogP contribution in [0.4, 0.5) is 0 Å². The van der Waals surface area contributed by atoms with Crippen LogP contribution in [-0.4, -0.2) is 15.8 Å². The number of Topliss-reactive ketones (excluding diaryl/α,β-unsaturated/α-hetero) is 1. The van der Waals surface area contributed by atoms with Crippen LogP contribution in [0.2, 0.25) is 10.0 Å². The number of benzene rings is 3. The maximum Gasteiger partial charge on any atom is 0.167 e. The summed E-state index contributed by atoms with van der Waals surface area (Å²) in [4.78, 5) is 20.5. The Morgan fingerprint density at radius 2 is 1.75 bits per heavy atom. The normalized spacial score (nSPS) is 10.9. The maximum atomic E-state index is 12.7. The lowest BCUT2D eigenvalue weighted by Gasteiger charge is -2.03. The molecule has 0 aliphatic carbocycles. The molecule has 0 fully saturated rings. The Balaban J connectivity index is 1.64. The fourth-order valence-corrected chi connectivity index (χ4v) is 3.66. The molecule has 3 aromatic carbocycles. The smallest absolute Gasteiger partial charge is 0.167 e. The minimum atomic E-state index is 0.0418. The topological polar surface area (TPSA) is 45.8 Å². The molecule has 3 nitrogen and oxygen atoms in total. The van der Waals surface area contributed by atoms with Gasteiger partial charge in [-0.2, -0.15) is 0 Å². The second-order valence-corrected chi connectivity index (χ2v) is 7.27. The first-order chi connectivity index (χ1) is 13.5. The molecule has 0 radical (unpaired) electrons. The van der Waals surface area contributed by atoms with Gasteiger partial charge in [0.15, 0.2) is 5.78 Å². The van der Waals surface area contributed by atoms with Crippen LogP contribution >= 0.6 is 23.2 Å². The highest BCUT2D eigenvalue weighted by atomic mass is 35.5. The summed E-state index contributed by atoms with van der Waals surface area (Å²) in [6, 6.07) is 18.6. The largest absolute Gasteiger partial charge is 0.338 e. The number of nitrogens with one attached hydrogen (secondary N) is 1. The van der Waals surface area contributed by atoms with Crippen molar-refractivity contribution >= 4 is 46.1 Å². The van der Waals surface area contributed by atoms with Gasteiger partial charge < -0.3 is 4.98 Å². The van der Waals surface area contributed by atoms with Gasteiger partial charge in [0.25, 0.3) is 0 Å². The molecule has 0 aliphatic heterocycles. The lowest BCUT2D eigenvalue weighted by molar-refractivity contribution is 0.0993. The molecule has 4 aromatic rings. The summed E-state index contributed by atoms with van der Waals surface area (Å²) in [5.41, 5.74) is 4.78. The Kier molecular flexibility index (Phi) is 5.03. The number of fused-ring (bicyclic) bond motifs is 1. The van der Waals surface area contributed by atoms with E-state index in [1.54, 1.807) is 30.3 Å². The highest BCUT2D eigenvalue weighted by molar-refractivity contribution is 6.39. The van der Waals surface area contributed by atoms with E-state index in [1.807, 2.05) is 36.4 Å². The number of nitrogens with zero attached hydrogens (tertiary/aromatic N) is 1. The average molecular weight is 407 g/mol. The standard InChI is InChI=1S/C23H16Cl2N2O/c1-2-14-6-8-15(9-7-14)12-21(28)16-10-11-19-20(13-16)27-23(26-19)22-17(24)4-3-5-18(22)25/h2-11,13H,1,12H2,(H,26,27). The molecule has 1 N–H and O–H groups in total. The SMILES string of the molecule is C=Cc1ccc(CC(=O)c2ccc3nc(-c4c(Cl)cccc4Cl)[nH]c3c2)cc1. The molecule has 0 atom stereocenters. The second-order valence-electron chi connectivity index (χ2n) is 6.46. The third-order valence-electron chi connectivity index (χ3n) is 4.58. The average Bonchev–Trinajstić information content (AvgIpc) is 3.11. The van der Waals surface area contributed by atoms with Crippen LogP contribution < -0.4 is 0 Å². The lowest BCUT2D eigenvalue weighted by Crippen LogP contribution is -2.03. The molecule has 5 heteroatoms. The van der Waals surface area contributed by atoms with E-state index < -0.39 is 0 Å². The van der Waals surface area contributed by atoms with E-state index in [0.29, 0.717) is 33.4 Å². The molecule has 4 rings (SSSR count). The van der Waals surface area contributed by atoms with Crippen LogP contribution in [0.15, 0.2) is 67.2 Å².